The highest BCUT2D eigenvalue weighted by Crippen LogP contribution is 2.26. The Morgan fingerprint density at radius 2 is 1.92 bits per heavy atom. The standard InChI is InChI=1S/C19H23N3O2/c23-18-8-2-7-17(18)21-10-12-22(13-11-21)19(24)15-4-1-6-16-14(15)5-3-9-20-16/h1,3-6,9,17-18,23H,2,7-8,10-13H2/t17-,18-/m0/s1. The second-order valence-electron chi connectivity index (χ2n) is 6.77. The van der Waals surface area contributed by atoms with Gasteiger partial charge in [0.2, 0.25) is 0 Å². The lowest BCUT2D eigenvalue weighted by atomic mass is 10.1. The fourth-order valence-electron chi connectivity index (χ4n) is 4.06. The highest BCUT2D eigenvalue weighted by atomic mass is 16.3. The van der Waals surface area contributed by atoms with Crippen molar-refractivity contribution in [1.29, 1.82) is 0 Å². The Morgan fingerprint density at radius 1 is 1.08 bits per heavy atom. The molecule has 1 saturated carbocycles. The van der Waals surface area contributed by atoms with E-state index in [4.69, 9.17) is 0 Å². The molecule has 1 saturated heterocycles. The van der Waals surface area contributed by atoms with Gasteiger partial charge in [-0.1, -0.05) is 12.1 Å². The van der Waals surface area contributed by atoms with Gasteiger partial charge in [0.1, 0.15) is 0 Å². The van der Waals surface area contributed by atoms with Crippen molar-refractivity contribution >= 4 is 16.8 Å². The number of piperazine rings is 1. The smallest absolute Gasteiger partial charge is 0.254 e. The van der Waals surface area contributed by atoms with Gasteiger partial charge in [0.05, 0.1) is 11.6 Å². The molecule has 1 amide bonds. The molecule has 1 aliphatic heterocycles. The number of pyridine rings is 1. The Kier molecular flexibility index (Phi) is 4.21. The fraction of sp³-hybridized carbons (Fsp3) is 0.474. The van der Waals surface area contributed by atoms with Gasteiger partial charge in [0.15, 0.2) is 0 Å². The maximum absolute atomic E-state index is 12.9. The summed E-state index contributed by atoms with van der Waals surface area (Å²) in [6.07, 6.45) is 4.64. The first-order chi connectivity index (χ1) is 11.7. The Bertz CT molecular complexity index is 735. The fourth-order valence-corrected chi connectivity index (χ4v) is 4.06. The molecule has 0 radical (unpaired) electrons. The molecule has 1 aromatic heterocycles. The molecule has 4 rings (SSSR count). The van der Waals surface area contributed by atoms with E-state index in [1.54, 1.807) is 6.20 Å². The predicted molar refractivity (Wildman–Crippen MR) is 92.9 cm³/mol. The monoisotopic (exact) mass is 325 g/mol. The molecule has 1 aromatic carbocycles. The van der Waals surface area contributed by atoms with Crippen molar-refractivity contribution in [1.82, 2.24) is 14.8 Å². The number of aromatic nitrogens is 1. The number of amides is 1. The Balaban J connectivity index is 1.48. The summed E-state index contributed by atoms with van der Waals surface area (Å²) in [6.45, 7) is 3.13. The van der Waals surface area contributed by atoms with E-state index in [0.717, 1.165) is 61.9 Å². The number of aliphatic hydroxyl groups excluding tert-OH is 1. The van der Waals surface area contributed by atoms with Crippen molar-refractivity contribution in [2.24, 2.45) is 0 Å². The molecule has 1 aliphatic carbocycles. The summed E-state index contributed by atoms with van der Waals surface area (Å²) in [5.74, 6) is 0.0835. The van der Waals surface area contributed by atoms with Crippen molar-refractivity contribution < 1.29 is 9.90 Å². The van der Waals surface area contributed by atoms with E-state index in [2.05, 4.69) is 9.88 Å². The van der Waals surface area contributed by atoms with Crippen LogP contribution in [0.2, 0.25) is 0 Å². The topological polar surface area (TPSA) is 56.7 Å². The lowest BCUT2D eigenvalue weighted by Gasteiger charge is -2.39. The quantitative estimate of drug-likeness (QED) is 0.916. The first kappa shape index (κ1) is 15.5. The second kappa shape index (κ2) is 6.49. The molecule has 0 spiro atoms. The lowest BCUT2D eigenvalue weighted by Crippen LogP contribution is -2.53. The molecule has 2 aliphatic rings. The summed E-state index contributed by atoms with van der Waals surface area (Å²) in [7, 11) is 0. The predicted octanol–water partition coefficient (Wildman–Crippen LogP) is 1.91. The molecule has 5 heteroatoms. The van der Waals surface area contributed by atoms with E-state index in [1.807, 2.05) is 35.2 Å². The van der Waals surface area contributed by atoms with Gasteiger partial charge in [-0.15, -0.1) is 0 Å². The van der Waals surface area contributed by atoms with Gasteiger partial charge in [-0.25, -0.2) is 0 Å². The summed E-state index contributed by atoms with van der Waals surface area (Å²) in [5.41, 5.74) is 1.59. The van der Waals surface area contributed by atoms with Crippen LogP contribution in [0.3, 0.4) is 0 Å². The maximum atomic E-state index is 12.9. The van der Waals surface area contributed by atoms with Crippen molar-refractivity contribution in [3.05, 3.63) is 42.1 Å². The average Bonchev–Trinajstić information content (AvgIpc) is 3.07. The van der Waals surface area contributed by atoms with Crippen molar-refractivity contribution in [3.63, 3.8) is 0 Å². The number of fused-ring (bicyclic) bond motifs is 1. The van der Waals surface area contributed by atoms with Gasteiger partial charge in [0, 0.05) is 49.4 Å². The normalized spacial score (nSPS) is 25.3. The second-order valence-corrected chi connectivity index (χ2v) is 6.77. The minimum atomic E-state index is -0.198. The van der Waals surface area contributed by atoms with Crippen LogP contribution in [0.4, 0.5) is 0 Å². The van der Waals surface area contributed by atoms with Gasteiger partial charge in [0.25, 0.3) is 5.91 Å². The zero-order valence-corrected chi connectivity index (χ0v) is 13.8. The lowest BCUT2D eigenvalue weighted by molar-refractivity contribution is 0.0316. The molecule has 1 N–H and O–H groups in total. The highest BCUT2D eigenvalue weighted by Gasteiger charge is 2.33. The molecule has 24 heavy (non-hydrogen) atoms. The molecule has 2 atom stereocenters. The molecular weight excluding hydrogens is 302 g/mol. The Morgan fingerprint density at radius 3 is 2.67 bits per heavy atom. The number of hydrogen-bond acceptors (Lipinski definition) is 4. The van der Waals surface area contributed by atoms with Gasteiger partial charge in [-0.3, -0.25) is 14.7 Å². The number of benzene rings is 1. The number of hydrogen-bond donors (Lipinski definition) is 1. The van der Waals surface area contributed by atoms with Crippen molar-refractivity contribution in [2.45, 2.75) is 31.4 Å². The van der Waals surface area contributed by atoms with Crippen LogP contribution in [-0.2, 0) is 0 Å². The summed E-state index contributed by atoms with van der Waals surface area (Å²) >= 11 is 0. The first-order valence-electron chi connectivity index (χ1n) is 8.79. The Labute approximate surface area is 141 Å². The van der Waals surface area contributed by atoms with Crippen LogP contribution in [-0.4, -0.2) is 64.1 Å². The van der Waals surface area contributed by atoms with Crippen LogP contribution >= 0.6 is 0 Å². The summed E-state index contributed by atoms with van der Waals surface area (Å²) in [5, 5.41) is 11.0. The number of carbonyl (C=O) groups excluding carboxylic acids is 1. The zero-order valence-electron chi connectivity index (χ0n) is 13.8. The molecule has 2 fully saturated rings. The van der Waals surface area contributed by atoms with Crippen LogP contribution in [0.15, 0.2) is 36.5 Å². The first-order valence-corrected chi connectivity index (χ1v) is 8.79. The summed E-state index contributed by atoms with van der Waals surface area (Å²) in [4.78, 5) is 21.6. The number of aliphatic hydroxyl groups is 1. The van der Waals surface area contributed by atoms with Crippen molar-refractivity contribution in [3.8, 4) is 0 Å². The van der Waals surface area contributed by atoms with Gasteiger partial charge < -0.3 is 10.0 Å². The third-order valence-electron chi connectivity index (χ3n) is 5.39. The van der Waals surface area contributed by atoms with Gasteiger partial charge in [-0.05, 0) is 37.5 Å². The summed E-state index contributed by atoms with van der Waals surface area (Å²) < 4.78 is 0. The number of nitrogens with zero attached hydrogens (tertiary/aromatic N) is 3. The molecule has 0 bridgehead atoms. The van der Waals surface area contributed by atoms with E-state index >= 15 is 0 Å². The molecule has 5 nitrogen and oxygen atoms in total. The van der Waals surface area contributed by atoms with Crippen LogP contribution < -0.4 is 0 Å². The van der Waals surface area contributed by atoms with E-state index in [0.29, 0.717) is 0 Å². The number of carbonyl (C=O) groups is 1. The minimum absolute atomic E-state index is 0.0835. The van der Waals surface area contributed by atoms with E-state index in [-0.39, 0.29) is 18.1 Å². The minimum Gasteiger partial charge on any atom is -0.391 e. The zero-order chi connectivity index (χ0) is 16.5. The number of rotatable bonds is 2. The molecule has 2 aromatic rings. The molecular formula is C19H23N3O2. The van der Waals surface area contributed by atoms with Crippen LogP contribution in [0.5, 0.6) is 0 Å². The Hall–Kier alpha value is -1.98. The van der Waals surface area contributed by atoms with Gasteiger partial charge in [-0.2, -0.15) is 0 Å². The van der Waals surface area contributed by atoms with E-state index in [1.165, 1.54) is 0 Å². The van der Waals surface area contributed by atoms with Crippen LogP contribution in [0, 0.1) is 0 Å². The summed E-state index contributed by atoms with van der Waals surface area (Å²) in [6, 6.07) is 9.83. The van der Waals surface area contributed by atoms with Crippen LogP contribution in [0.1, 0.15) is 29.6 Å². The van der Waals surface area contributed by atoms with Gasteiger partial charge >= 0.3 is 0 Å². The van der Waals surface area contributed by atoms with E-state index in [9.17, 15) is 9.90 Å². The van der Waals surface area contributed by atoms with Crippen LogP contribution in [0.25, 0.3) is 10.9 Å². The third kappa shape index (κ3) is 2.78. The highest BCUT2D eigenvalue weighted by molar-refractivity contribution is 6.06. The largest absolute Gasteiger partial charge is 0.391 e. The molecule has 0 unspecified atom stereocenters. The molecule has 126 valence electrons. The third-order valence-corrected chi connectivity index (χ3v) is 5.39. The average molecular weight is 325 g/mol. The van der Waals surface area contributed by atoms with E-state index < -0.39 is 0 Å². The SMILES string of the molecule is O=C(c1cccc2ncccc12)N1CCN([C@H]2CCC[C@@H]2O)CC1. The maximum Gasteiger partial charge on any atom is 0.254 e. The molecule has 2 heterocycles. The van der Waals surface area contributed by atoms with Crippen molar-refractivity contribution in [2.75, 3.05) is 26.2 Å².